The molecule has 2 aromatic heterocycles. The first-order valence-electron chi connectivity index (χ1n) is 9.78. The van der Waals surface area contributed by atoms with Gasteiger partial charge in [-0.25, -0.2) is 9.97 Å². The molecule has 0 saturated carbocycles. The maximum absolute atomic E-state index is 12.9. The fourth-order valence-electron chi connectivity index (χ4n) is 3.51. The van der Waals surface area contributed by atoms with Crippen LogP contribution in [0.2, 0.25) is 0 Å². The fraction of sp³-hybridized carbons (Fsp3) is 0.304. The van der Waals surface area contributed by atoms with Crippen molar-refractivity contribution in [2.24, 2.45) is 5.41 Å². The number of carbonyl (C=O) groups is 1. The summed E-state index contributed by atoms with van der Waals surface area (Å²) < 4.78 is 43.5. The van der Waals surface area contributed by atoms with E-state index in [9.17, 15) is 18.0 Å². The van der Waals surface area contributed by atoms with Crippen molar-refractivity contribution in [3.63, 3.8) is 0 Å². The van der Waals surface area contributed by atoms with Crippen LogP contribution in [0.3, 0.4) is 0 Å². The Bertz CT molecular complexity index is 1120. The molecule has 8 heteroatoms. The van der Waals surface area contributed by atoms with Crippen LogP contribution < -0.4 is 4.74 Å². The van der Waals surface area contributed by atoms with Gasteiger partial charge < -0.3 is 9.64 Å². The summed E-state index contributed by atoms with van der Waals surface area (Å²) in [7, 11) is 0. The zero-order valence-electron chi connectivity index (χ0n) is 17.3. The van der Waals surface area contributed by atoms with Crippen molar-refractivity contribution in [3.05, 3.63) is 66.3 Å². The van der Waals surface area contributed by atoms with Crippen LogP contribution in [0.4, 0.5) is 13.2 Å². The number of hydrogen-bond acceptors (Lipinski definition) is 4. The highest BCUT2D eigenvalue weighted by Crippen LogP contribution is 2.34. The van der Waals surface area contributed by atoms with E-state index in [4.69, 9.17) is 4.74 Å². The smallest absolute Gasteiger partial charge is 0.417 e. The number of ether oxygens (including phenoxy) is 1. The van der Waals surface area contributed by atoms with Gasteiger partial charge in [-0.05, 0) is 35.7 Å². The minimum atomic E-state index is -4.45. The lowest BCUT2D eigenvalue weighted by molar-refractivity contribution is -0.137. The number of fused-ring (bicyclic) bond motifs is 1. The second kappa shape index (κ2) is 7.51. The van der Waals surface area contributed by atoms with E-state index in [2.05, 4.69) is 37.2 Å². The van der Waals surface area contributed by atoms with Crippen molar-refractivity contribution in [2.75, 3.05) is 6.54 Å². The van der Waals surface area contributed by atoms with Gasteiger partial charge in [0.15, 0.2) is 0 Å². The zero-order valence-corrected chi connectivity index (χ0v) is 17.3. The van der Waals surface area contributed by atoms with Crippen molar-refractivity contribution in [2.45, 2.75) is 33.0 Å². The Hall–Kier alpha value is -3.16. The molecule has 31 heavy (non-hydrogen) atoms. The van der Waals surface area contributed by atoms with E-state index in [1.165, 1.54) is 6.07 Å². The molecule has 3 heterocycles. The third-order valence-electron chi connectivity index (χ3n) is 5.18. The molecule has 1 atom stereocenters. The van der Waals surface area contributed by atoms with Gasteiger partial charge in [-0.2, -0.15) is 13.2 Å². The molecule has 0 spiro atoms. The van der Waals surface area contributed by atoms with Crippen molar-refractivity contribution in [1.29, 1.82) is 0 Å². The van der Waals surface area contributed by atoms with E-state index < -0.39 is 11.7 Å². The highest BCUT2D eigenvalue weighted by molar-refractivity contribution is 5.96. The standard InChI is InChI=1S/C23H21F3N3O2/c1-22(2,3)19-10-11-29(19)21(30)18-7-4-14-12-16(6-8-17(14)28-18)31-20-9-5-15(13-27-20)23(24,25)26/h4-10,12-13,19H,11H2,1-3H3. The number of hydrogen-bond donors (Lipinski definition) is 0. The van der Waals surface area contributed by atoms with Gasteiger partial charge in [0.1, 0.15) is 11.4 Å². The van der Waals surface area contributed by atoms with Gasteiger partial charge in [-0.3, -0.25) is 4.79 Å². The Morgan fingerprint density at radius 2 is 1.87 bits per heavy atom. The average molecular weight is 428 g/mol. The number of benzene rings is 1. The predicted molar refractivity (Wildman–Crippen MR) is 110 cm³/mol. The van der Waals surface area contributed by atoms with Crippen LogP contribution in [0.5, 0.6) is 11.6 Å². The second-order valence-electron chi connectivity index (χ2n) is 8.54. The highest BCUT2D eigenvalue weighted by Gasteiger charge is 2.41. The number of alkyl halides is 3. The third-order valence-corrected chi connectivity index (χ3v) is 5.18. The van der Waals surface area contributed by atoms with Crippen LogP contribution >= 0.6 is 0 Å². The van der Waals surface area contributed by atoms with Crippen molar-refractivity contribution in [3.8, 4) is 11.6 Å². The fourth-order valence-corrected chi connectivity index (χ4v) is 3.51. The topological polar surface area (TPSA) is 55.3 Å². The van der Waals surface area contributed by atoms with Gasteiger partial charge in [0.05, 0.1) is 11.1 Å². The van der Waals surface area contributed by atoms with E-state index in [0.717, 1.165) is 17.6 Å². The molecular formula is C23H21F3N3O2. The van der Waals surface area contributed by atoms with Gasteiger partial charge in [-0.15, -0.1) is 0 Å². The first-order chi connectivity index (χ1) is 14.5. The second-order valence-corrected chi connectivity index (χ2v) is 8.54. The summed E-state index contributed by atoms with van der Waals surface area (Å²) in [5.41, 5.74) is 0.111. The van der Waals surface area contributed by atoms with Gasteiger partial charge >= 0.3 is 6.18 Å². The predicted octanol–water partition coefficient (Wildman–Crippen LogP) is 5.52. The molecule has 1 amide bonds. The zero-order chi connectivity index (χ0) is 22.4. The number of pyridine rings is 2. The molecule has 1 radical (unpaired) electrons. The molecule has 1 saturated heterocycles. The van der Waals surface area contributed by atoms with Gasteiger partial charge in [0.25, 0.3) is 5.91 Å². The molecule has 0 aliphatic carbocycles. The molecule has 0 bridgehead atoms. The summed E-state index contributed by atoms with van der Waals surface area (Å²) in [5, 5.41) is 0.739. The van der Waals surface area contributed by atoms with Gasteiger partial charge in [0.2, 0.25) is 5.88 Å². The monoisotopic (exact) mass is 428 g/mol. The molecule has 1 aliphatic heterocycles. The van der Waals surface area contributed by atoms with Crippen LogP contribution in [0.15, 0.2) is 48.7 Å². The lowest BCUT2D eigenvalue weighted by atomic mass is 9.79. The number of aromatic nitrogens is 2. The first kappa shape index (κ1) is 21.1. The van der Waals surface area contributed by atoms with Crippen LogP contribution in [0, 0.1) is 11.8 Å². The Kier molecular flexibility index (Phi) is 5.11. The van der Waals surface area contributed by atoms with Crippen molar-refractivity contribution < 1.29 is 22.7 Å². The minimum absolute atomic E-state index is 0.0384. The summed E-state index contributed by atoms with van der Waals surface area (Å²) >= 11 is 0. The quantitative estimate of drug-likeness (QED) is 0.552. The molecule has 3 aromatic rings. The summed E-state index contributed by atoms with van der Waals surface area (Å²) in [5.74, 6) is 0.346. The number of nitrogens with zero attached hydrogens (tertiary/aromatic N) is 3. The van der Waals surface area contributed by atoms with E-state index in [-0.39, 0.29) is 23.2 Å². The van der Waals surface area contributed by atoms with Crippen molar-refractivity contribution >= 4 is 16.8 Å². The Morgan fingerprint density at radius 3 is 2.45 bits per heavy atom. The maximum atomic E-state index is 12.9. The highest BCUT2D eigenvalue weighted by atomic mass is 19.4. The lowest BCUT2D eigenvalue weighted by Crippen LogP contribution is -2.57. The molecule has 5 nitrogen and oxygen atoms in total. The van der Waals surface area contributed by atoms with Crippen LogP contribution in [-0.4, -0.2) is 33.4 Å². The van der Waals surface area contributed by atoms with E-state index in [1.54, 1.807) is 30.3 Å². The molecule has 1 unspecified atom stereocenters. The van der Waals surface area contributed by atoms with E-state index >= 15 is 0 Å². The largest absolute Gasteiger partial charge is 0.439 e. The average Bonchev–Trinajstić information content (AvgIpc) is 2.65. The normalized spacial score (nSPS) is 16.8. The Morgan fingerprint density at radius 1 is 1.10 bits per heavy atom. The van der Waals surface area contributed by atoms with Crippen LogP contribution in [0.1, 0.15) is 36.8 Å². The number of likely N-dealkylation sites (tertiary alicyclic amines) is 1. The summed E-state index contributed by atoms with van der Waals surface area (Å²) in [6.45, 7) is 6.88. The summed E-state index contributed by atoms with van der Waals surface area (Å²) in [6, 6.07) is 10.6. The molecule has 4 rings (SSSR count). The van der Waals surface area contributed by atoms with Crippen LogP contribution in [-0.2, 0) is 6.18 Å². The molecule has 1 fully saturated rings. The minimum Gasteiger partial charge on any atom is -0.439 e. The number of rotatable bonds is 3. The van der Waals surface area contributed by atoms with E-state index in [1.807, 2.05) is 4.90 Å². The Labute approximate surface area is 177 Å². The van der Waals surface area contributed by atoms with Gasteiger partial charge in [0, 0.05) is 36.7 Å². The lowest BCUT2D eigenvalue weighted by Gasteiger charge is -2.48. The molecule has 1 aliphatic rings. The number of carbonyl (C=O) groups excluding carboxylic acids is 1. The Balaban J connectivity index is 1.51. The number of halogens is 3. The molecular weight excluding hydrogens is 407 g/mol. The molecule has 161 valence electrons. The molecule has 0 N–H and O–H groups in total. The SMILES string of the molecule is CC(C)(C)C1[CH]CN1C(=O)c1ccc2cc(Oc3ccc(C(F)(F)F)cn3)ccc2n1. The molecule has 1 aromatic carbocycles. The third kappa shape index (κ3) is 4.33. The van der Waals surface area contributed by atoms with Crippen LogP contribution in [0.25, 0.3) is 10.9 Å². The maximum Gasteiger partial charge on any atom is 0.417 e. The summed E-state index contributed by atoms with van der Waals surface area (Å²) in [4.78, 5) is 22.9. The van der Waals surface area contributed by atoms with E-state index in [0.29, 0.717) is 23.5 Å². The summed E-state index contributed by atoms with van der Waals surface area (Å²) in [6.07, 6.45) is -1.60. The number of amides is 1. The van der Waals surface area contributed by atoms with Crippen molar-refractivity contribution in [1.82, 2.24) is 14.9 Å². The first-order valence-corrected chi connectivity index (χ1v) is 9.78. The van der Waals surface area contributed by atoms with Gasteiger partial charge in [-0.1, -0.05) is 26.8 Å².